The number of aromatic nitrogens is 5. The van der Waals surface area contributed by atoms with Crippen molar-refractivity contribution in [2.45, 2.75) is 30.7 Å². The number of fused-ring (bicyclic) bond motifs is 1. The van der Waals surface area contributed by atoms with Crippen LogP contribution < -0.4 is 16.6 Å². The van der Waals surface area contributed by atoms with Gasteiger partial charge in [-0.3, -0.25) is 9.36 Å². The number of nitrogens with one attached hydrogen (secondary N) is 1. The molecule has 3 aromatic rings. The Morgan fingerprint density at radius 1 is 1.19 bits per heavy atom. The highest BCUT2D eigenvalue weighted by Gasteiger charge is 2.11. The molecule has 1 aromatic carbocycles. The van der Waals surface area contributed by atoms with Gasteiger partial charge >= 0.3 is 0 Å². The average molecular weight is 371 g/mol. The van der Waals surface area contributed by atoms with Crippen molar-refractivity contribution >= 4 is 34.6 Å². The predicted octanol–water partition coefficient (Wildman–Crippen LogP) is 2.21. The van der Waals surface area contributed by atoms with Crippen LogP contribution in [0.2, 0.25) is 0 Å². The number of hydrogen-bond acceptors (Lipinski definition) is 8. The van der Waals surface area contributed by atoms with Gasteiger partial charge in [0.15, 0.2) is 5.16 Å². The fourth-order valence-corrected chi connectivity index (χ4v) is 3.24. The first-order chi connectivity index (χ1) is 12.6. The summed E-state index contributed by atoms with van der Waals surface area (Å²) in [5.41, 5.74) is 6.38. The van der Waals surface area contributed by atoms with Crippen molar-refractivity contribution in [2.75, 3.05) is 17.6 Å². The van der Waals surface area contributed by atoms with Gasteiger partial charge in [-0.05, 0) is 18.6 Å². The summed E-state index contributed by atoms with van der Waals surface area (Å²) in [7, 11) is 1.71. The van der Waals surface area contributed by atoms with Crippen LogP contribution in [0, 0.1) is 0 Å². The zero-order valence-corrected chi connectivity index (χ0v) is 15.6. The number of nitrogens with two attached hydrogens (primary N) is 1. The summed E-state index contributed by atoms with van der Waals surface area (Å²) in [5.74, 6) is 1.63. The molecule has 0 bridgehead atoms. The minimum absolute atomic E-state index is 0.0739. The summed E-state index contributed by atoms with van der Waals surface area (Å²) >= 11 is 1.39. The van der Waals surface area contributed by atoms with Crippen LogP contribution in [0.15, 0.2) is 34.2 Å². The number of hydrogen-bond donors (Lipinski definition) is 2. The van der Waals surface area contributed by atoms with Gasteiger partial charge in [-0.15, -0.1) is 0 Å². The van der Waals surface area contributed by atoms with Gasteiger partial charge in [0.2, 0.25) is 11.9 Å². The largest absolute Gasteiger partial charge is 0.368 e. The number of thioether (sulfide) groups is 1. The highest BCUT2D eigenvalue weighted by molar-refractivity contribution is 7.98. The molecule has 3 rings (SSSR count). The molecule has 0 saturated carbocycles. The summed E-state index contributed by atoms with van der Waals surface area (Å²) in [6.07, 6.45) is 2.11. The first kappa shape index (κ1) is 18.1. The summed E-state index contributed by atoms with van der Waals surface area (Å²) in [6, 6.07) is 7.31. The van der Waals surface area contributed by atoms with Crippen molar-refractivity contribution < 1.29 is 0 Å². The van der Waals surface area contributed by atoms with Crippen molar-refractivity contribution in [3.8, 4) is 0 Å². The fourth-order valence-electron chi connectivity index (χ4n) is 2.41. The highest BCUT2D eigenvalue weighted by Crippen LogP contribution is 2.20. The Bertz CT molecular complexity index is 973. The maximum absolute atomic E-state index is 12.5. The second kappa shape index (κ2) is 8.13. The molecule has 0 aliphatic carbocycles. The molecule has 0 amide bonds. The van der Waals surface area contributed by atoms with E-state index in [1.807, 2.05) is 18.2 Å². The Kier molecular flexibility index (Phi) is 5.67. The Morgan fingerprint density at radius 2 is 2.00 bits per heavy atom. The van der Waals surface area contributed by atoms with E-state index in [2.05, 4.69) is 32.2 Å². The van der Waals surface area contributed by atoms with E-state index in [0.717, 1.165) is 19.4 Å². The number of para-hydroxylation sites is 1. The van der Waals surface area contributed by atoms with Gasteiger partial charge in [0.25, 0.3) is 5.56 Å². The molecule has 0 saturated heterocycles. The normalized spacial score (nSPS) is 11.0. The van der Waals surface area contributed by atoms with E-state index in [9.17, 15) is 4.79 Å². The van der Waals surface area contributed by atoms with Gasteiger partial charge in [-0.1, -0.05) is 37.2 Å². The Hall–Kier alpha value is -2.68. The summed E-state index contributed by atoms with van der Waals surface area (Å²) in [6.45, 7) is 2.90. The third kappa shape index (κ3) is 4.10. The summed E-state index contributed by atoms with van der Waals surface area (Å²) in [4.78, 5) is 29.7. The molecule has 0 spiro atoms. The lowest BCUT2D eigenvalue weighted by Crippen LogP contribution is -2.20. The van der Waals surface area contributed by atoms with Crippen LogP contribution in [0.3, 0.4) is 0 Å². The van der Waals surface area contributed by atoms with Gasteiger partial charge < -0.3 is 11.1 Å². The lowest BCUT2D eigenvalue weighted by Gasteiger charge is -2.09. The van der Waals surface area contributed by atoms with Crippen LogP contribution in [-0.4, -0.2) is 31.0 Å². The molecule has 2 heterocycles. The zero-order chi connectivity index (χ0) is 18.5. The second-order valence-electron chi connectivity index (χ2n) is 5.78. The molecular formula is C17H21N7OS. The van der Waals surface area contributed by atoms with E-state index in [4.69, 9.17) is 5.73 Å². The molecule has 8 nitrogen and oxygen atoms in total. The van der Waals surface area contributed by atoms with Crippen LogP contribution in [0.1, 0.15) is 25.6 Å². The SMILES string of the molecule is CCCCNc1nc(N)nc(CSc2nc3ccccc3c(=O)n2C)n1. The molecule has 2 aromatic heterocycles. The molecule has 136 valence electrons. The second-order valence-corrected chi connectivity index (χ2v) is 6.72. The zero-order valence-electron chi connectivity index (χ0n) is 14.8. The molecular weight excluding hydrogens is 350 g/mol. The number of nitrogens with zero attached hydrogens (tertiary/aromatic N) is 5. The van der Waals surface area contributed by atoms with E-state index in [0.29, 0.717) is 33.6 Å². The third-order valence-corrected chi connectivity index (χ3v) is 4.81. The minimum atomic E-state index is -0.0739. The van der Waals surface area contributed by atoms with Gasteiger partial charge in [0, 0.05) is 13.6 Å². The molecule has 0 aliphatic rings. The topological polar surface area (TPSA) is 112 Å². The van der Waals surface area contributed by atoms with E-state index >= 15 is 0 Å². The number of nitrogen functional groups attached to an aromatic ring is 1. The third-order valence-electron chi connectivity index (χ3n) is 3.78. The van der Waals surface area contributed by atoms with Crippen LogP contribution >= 0.6 is 11.8 Å². The number of anilines is 2. The Balaban J connectivity index is 1.80. The van der Waals surface area contributed by atoms with Gasteiger partial charge in [0.05, 0.1) is 16.7 Å². The van der Waals surface area contributed by atoms with E-state index in [1.54, 1.807) is 13.1 Å². The minimum Gasteiger partial charge on any atom is -0.368 e. The van der Waals surface area contributed by atoms with Crippen LogP contribution in [-0.2, 0) is 12.8 Å². The predicted molar refractivity (Wildman–Crippen MR) is 104 cm³/mol. The quantitative estimate of drug-likeness (QED) is 0.369. The van der Waals surface area contributed by atoms with Crippen molar-refractivity contribution in [2.24, 2.45) is 7.05 Å². The van der Waals surface area contributed by atoms with Crippen molar-refractivity contribution in [3.63, 3.8) is 0 Å². The Morgan fingerprint density at radius 3 is 2.81 bits per heavy atom. The lowest BCUT2D eigenvalue weighted by molar-refractivity contribution is 0.725. The first-order valence-corrected chi connectivity index (χ1v) is 9.40. The van der Waals surface area contributed by atoms with Gasteiger partial charge in [0.1, 0.15) is 5.82 Å². The molecule has 0 aliphatic heterocycles. The molecule has 0 radical (unpaired) electrons. The van der Waals surface area contributed by atoms with Crippen LogP contribution in [0.25, 0.3) is 10.9 Å². The molecule has 0 unspecified atom stereocenters. The molecule has 0 fully saturated rings. The van der Waals surface area contributed by atoms with E-state index < -0.39 is 0 Å². The molecule has 3 N–H and O–H groups in total. The van der Waals surface area contributed by atoms with Crippen molar-refractivity contribution in [3.05, 3.63) is 40.4 Å². The highest BCUT2D eigenvalue weighted by atomic mass is 32.2. The van der Waals surface area contributed by atoms with Gasteiger partial charge in [-0.2, -0.15) is 15.0 Å². The van der Waals surface area contributed by atoms with Crippen LogP contribution in [0.4, 0.5) is 11.9 Å². The summed E-state index contributed by atoms with van der Waals surface area (Å²) in [5, 5.41) is 4.36. The lowest BCUT2D eigenvalue weighted by atomic mass is 10.2. The summed E-state index contributed by atoms with van der Waals surface area (Å²) < 4.78 is 1.54. The standard InChI is InChI=1S/C17H21N7OS/c1-3-4-9-19-16-22-13(21-15(18)23-16)10-26-17-20-12-8-6-5-7-11(12)14(25)24(17)2/h5-8H,3-4,9-10H2,1-2H3,(H3,18,19,21,22,23). The van der Waals surface area contributed by atoms with Crippen molar-refractivity contribution in [1.29, 1.82) is 0 Å². The maximum Gasteiger partial charge on any atom is 0.261 e. The monoisotopic (exact) mass is 371 g/mol. The van der Waals surface area contributed by atoms with E-state index in [-0.39, 0.29) is 11.5 Å². The molecule has 9 heteroatoms. The van der Waals surface area contributed by atoms with Crippen LogP contribution in [0.5, 0.6) is 0 Å². The van der Waals surface area contributed by atoms with E-state index in [1.165, 1.54) is 16.3 Å². The van der Waals surface area contributed by atoms with Crippen molar-refractivity contribution in [1.82, 2.24) is 24.5 Å². The molecule has 0 atom stereocenters. The fraction of sp³-hybridized carbons (Fsp3) is 0.353. The Labute approximate surface area is 155 Å². The average Bonchev–Trinajstić information content (AvgIpc) is 2.63. The van der Waals surface area contributed by atoms with Gasteiger partial charge in [-0.25, -0.2) is 4.98 Å². The number of rotatable bonds is 7. The molecule has 26 heavy (non-hydrogen) atoms. The maximum atomic E-state index is 12.5. The first-order valence-electron chi connectivity index (χ1n) is 8.41. The number of unbranched alkanes of at least 4 members (excludes halogenated alkanes) is 1. The smallest absolute Gasteiger partial charge is 0.261 e. The number of benzene rings is 1.